The second-order valence-corrected chi connectivity index (χ2v) is 2.16. The predicted molar refractivity (Wildman–Crippen MR) is 39.0 cm³/mol. The zero-order chi connectivity index (χ0) is 9.14. The van der Waals surface area contributed by atoms with E-state index in [2.05, 4.69) is 4.98 Å². The van der Waals surface area contributed by atoms with Gasteiger partial charge in [0.2, 0.25) is 0 Å². The Morgan fingerprint density at radius 2 is 2.25 bits per heavy atom. The summed E-state index contributed by atoms with van der Waals surface area (Å²) >= 11 is 0. The number of carbonyl (C=O) groups is 1. The van der Waals surface area contributed by atoms with Crippen LogP contribution in [0.5, 0.6) is 0 Å². The van der Waals surface area contributed by atoms with Gasteiger partial charge in [0, 0.05) is 11.8 Å². The molecule has 0 aliphatic heterocycles. The van der Waals surface area contributed by atoms with E-state index in [0.717, 1.165) is 6.20 Å². The van der Waals surface area contributed by atoms with E-state index in [-0.39, 0.29) is 11.3 Å². The maximum atomic E-state index is 12.0. The van der Waals surface area contributed by atoms with E-state index < -0.39 is 12.1 Å². The highest BCUT2D eigenvalue weighted by molar-refractivity contribution is 5.76. The quantitative estimate of drug-likeness (QED) is 0.686. The van der Waals surface area contributed by atoms with Gasteiger partial charge in [-0.25, -0.2) is 8.78 Å². The Morgan fingerprint density at radius 1 is 1.58 bits per heavy atom. The summed E-state index contributed by atoms with van der Waals surface area (Å²) in [5.74, 6) is 0. The summed E-state index contributed by atoms with van der Waals surface area (Å²) < 4.78 is 24.1. The lowest BCUT2D eigenvalue weighted by molar-refractivity contribution is 0.112. The fourth-order valence-corrected chi connectivity index (χ4v) is 0.756. The van der Waals surface area contributed by atoms with E-state index in [1.165, 1.54) is 6.07 Å². The Hall–Kier alpha value is -1.52. The Balaban J connectivity index is 3.11. The summed E-state index contributed by atoms with van der Waals surface area (Å²) in [6.07, 6.45) is -1.14. The number of alkyl halides is 2. The van der Waals surface area contributed by atoms with Gasteiger partial charge in [0.15, 0.2) is 6.29 Å². The lowest BCUT2D eigenvalue weighted by Gasteiger charge is -2.02. The highest BCUT2D eigenvalue weighted by Gasteiger charge is 2.12. The molecular weight excluding hydrogens is 166 g/mol. The number of nitrogen functional groups attached to an aromatic ring is 1. The number of halogens is 2. The van der Waals surface area contributed by atoms with E-state index in [1.807, 2.05) is 0 Å². The number of carbonyl (C=O) groups excluding carboxylic acids is 1. The van der Waals surface area contributed by atoms with Crippen molar-refractivity contribution in [2.24, 2.45) is 0 Å². The van der Waals surface area contributed by atoms with Crippen molar-refractivity contribution in [1.82, 2.24) is 4.98 Å². The molecule has 0 aliphatic carbocycles. The summed E-state index contributed by atoms with van der Waals surface area (Å²) in [7, 11) is 0. The van der Waals surface area contributed by atoms with Crippen LogP contribution in [0.25, 0.3) is 0 Å². The first kappa shape index (κ1) is 8.58. The molecule has 1 aromatic heterocycles. The topological polar surface area (TPSA) is 56.0 Å². The van der Waals surface area contributed by atoms with Crippen molar-refractivity contribution < 1.29 is 13.6 Å². The Kier molecular flexibility index (Phi) is 2.32. The minimum absolute atomic E-state index is 0.158. The molecule has 2 N–H and O–H groups in total. The molecule has 5 heteroatoms. The van der Waals surface area contributed by atoms with Gasteiger partial charge in [-0.1, -0.05) is 0 Å². The molecule has 0 fully saturated rings. The molecule has 0 aromatic carbocycles. The average molecular weight is 172 g/mol. The van der Waals surface area contributed by atoms with Gasteiger partial charge < -0.3 is 5.73 Å². The number of hydrogen-bond donors (Lipinski definition) is 1. The molecule has 0 saturated heterocycles. The minimum Gasteiger partial charge on any atom is -0.397 e. The smallest absolute Gasteiger partial charge is 0.282 e. The SMILES string of the molecule is Nc1cc(C=O)cnc1C(F)F. The highest BCUT2D eigenvalue weighted by Crippen LogP contribution is 2.22. The summed E-state index contributed by atoms with van der Waals surface area (Å²) in [6.45, 7) is 0. The number of rotatable bonds is 2. The van der Waals surface area contributed by atoms with Crippen molar-refractivity contribution in [3.63, 3.8) is 0 Å². The van der Waals surface area contributed by atoms with E-state index in [0.29, 0.717) is 6.29 Å². The van der Waals surface area contributed by atoms with Crippen molar-refractivity contribution in [2.45, 2.75) is 6.43 Å². The van der Waals surface area contributed by atoms with Crippen molar-refractivity contribution in [3.05, 3.63) is 23.5 Å². The van der Waals surface area contributed by atoms with Gasteiger partial charge in [-0.2, -0.15) is 0 Å². The Labute approximate surface area is 67.2 Å². The van der Waals surface area contributed by atoms with Gasteiger partial charge >= 0.3 is 0 Å². The molecule has 1 heterocycles. The van der Waals surface area contributed by atoms with Crippen molar-refractivity contribution in [3.8, 4) is 0 Å². The molecule has 3 nitrogen and oxygen atoms in total. The second-order valence-electron chi connectivity index (χ2n) is 2.16. The zero-order valence-corrected chi connectivity index (χ0v) is 6.00. The number of anilines is 1. The number of aldehydes is 1. The third-order valence-corrected chi connectivity index (χ3v) is 1.31. The third-order valence-electron chi connectivity index (χ3n) is 1.31. The molecule has 0 amide bonds. The Bertz CT molecular complexity index is 301. The monoisotopic (exact) mass is 172 g/mol. The molecule has 0 atom stereocenters. The fourth-order valence-electron chi connectivity index (χ4n) is 0.756. The van der Waals surface area contributed by atoms with Crippen LogP contribution < -0.4 is 5.73 Å². The summed E-state index contributed by atoms with van der Waals surface area (Å²) in [6, 6.07) is 1.17. The lowest BCUT2D eigenvalue weighted by atomic mass is 10.2. The van der Waals surface area contributed by atoms with Gasteiger partial charge in [0.25, 0.3) is 6.43 Å². The first-order valence-electron chi connectivity index (χ1n) is 3.14. The number of hydrogen-bond acceptors (Lipinski definition) is 3. The third kappa shape index (κ3) is 1.55. The van der Waals surface area contributed by atoms with E-state index in [4.69, 9.17) is 5.73 Å². The molecule has 0 spiro atoms. The van der Waals surface area contributed by atoms with Crippen LogP contribution in [-0.2, 0) is 0 Å². The van der Waals surface area contributed by atoms with Crippen LogP contribution in [-0.4, -0.2) is 11.3 Å². The molecule has 64 valence electrons. The van der Waals surface area contributed by atoms with Crippen molar-refractivity contribution >= 4 is 12.0 Å². The van der Waals surface area contributed by atoms with Crippen molar-refractivity contribution in [1.29, 1.82) is 0 Å². The van der Waals surface area contributed by atoms with E-state index in [1.54, 1.807) is 0 Å². The van der Waals surface area contributed by atoms with E-state index >= 15 is 0 Å². The standard InChI is InChI=1S/C7H6F2N2O/c8-7(9)6-5(10)1-4(3-12)2-11-6/h1-3,7H,10H2. The maximum absolute atomic E-state index is 12.0. The molecule has 0 aliphatic rings. The largest absolute Gasteiger partial charge is 0.397 e. The molecule has 1 aromatic rings. The summed E-state index contributed by atoms with van der Waals surface area (Å²) in [5.41, 5.74) is 4.74. The van der Waals surface area contributed by atoms with Crippen LogP contribution in [0.3, 0.4) is 0 Å². The van der Waals surface area contributed by atoms with Gasteiger partial charge in [0.1, 0.15) is 5.69 Å². The highest BCUT2D eigenvalue weighted by atomic mass is 19.3. The predicted octanol–water partition coefficient (Wildman–Crippen LogP) is 1.41. The normalized spacial score (nSPS) is 10.2. The number of nitrogens with two attached hydrogens (primary N) is 1. The molecule has 1 rings (SSSR count). The zero-order valence-electron chi connectivity index (χ0n) is 6.00. The van der Waals surface area contributed by atoms with Crippen LogP contribution in [0.2, 0.25) is 0 Å². The van der Waals surface area contributed by atoms with Crippen molar-refractivity contribution in [2.75, 3.05) is 5.73 Å². The van der Waals surface area contributed by atoms with Crippen LogP contribution in [0.4, 0.5) is 14.5 Å². The lowest BCUT2D eigenvalue weighted by Crippen LogP contribution is -1.99. The van der Waals surface area contributed by atoms with Gasteiger partial charge in [-0.05, 0) is 6.07 Å². The van der Waals surface area contributed by atoms with Crippen LogP contribution in [0.1, 0.15) is 22.5 Å². The number of nitrogens with zero attached hydrogens (tertiary/aromatic N) is 1. The summed E-state index contributed by atoms with van der Waals surface area (Å²) in [4.78, 5) is 13.5. The first-order chi connectivity index (χ1) is 5.65. The average Bonchev–Trinajstić information content (AvgIpc) is 2.03. The number of pyridine rings is 1. The molecule has 12 heavy (non-hydrogen) atoms. The maximum Gasteiger partial charge on any atom is 0.282 e. The van der Waals surface area contributed by atoms with Crippen LogP contribution in [0.15, 0.2) is 12.3 Å². The molecule has 0 unspecified atom stereocenters. The first-order valence-corrected chi connectivity index (χ1v) is 3.14. The Morgan fingerprint density at radius 3 is 2.67 bits per heavy atom. The van der Waals surface area contributed by atoms with Crippen LogP contribution >= 0.6 is 0 Å². The van der Waals surface area contributed by atoms with E-state index in [9.17, 15) is 13.6 Å². The van der Waals surface area contributed by atoms with Crippen LogP contribution in [0, 0.1) is 0 Å². The molecular formula is C7H6F2N2O. The van der Waals surface area contributed by atoms with Gasteiger partial charge in [0.05, 0.1) is 5.69 Å². The second kappa shape index (κ2) is 3.25. The van der Waals surface area contributed by atoms with Gasteiger partial charge in [-0.15, -0.1) is 0 Å². The summed E-state index contributed by atoms with van der Waals surface area (Å²) in [5, 5.41) is 0. The van der Waals surface area contributed by atoms with Gasteiger partial charge in [-0.3, -0.25) is 9.78 Å². The number of aromatic nitrogens is 1. The molecule has 0 saturated carbocycles. The molecule has 0 radical (unpaired) electrons. The minimum atomic E-state index is -2.70. The fraction of sp³-hybridized carbons (Fsp3) is 0.143. The molecule has 0 bridgehead atoms.